The maximum Gasteiger partial charge on any atom is 0.347 e. The van der Waals surface area contributed by atoms with E-state index in [0.717, 1.165) is 23.7 Å². The van der Waals surface area contributed by atoms with Gasteiger partial charge in [-0.1, -0.05) is 6.92 Å². The van der Waals surface area contributed by atoms with Crippen molar-refractivity contribution in [2.45, 2.75) is 51.7 Å². The highest BCUT2D eigenvalue weighted by atomic mass is 16.6. The number of aryl methyl sites for hydroxylation is 1. The Balaban J connectivity index is 1.61. The standard InChI is InChI=1S/C19H21NO4/c1-10-3-5-15-13(7-10)14-9-12(4-6-16(14)20-15)18(21)24-17-8-11(2)23-19(17)22/h4,6,9-11,17,20H,3,5,7-8H2,1-2H3/t10-,11-,17-/m1/s1. The third-order valence-corrected chi connectivity index (χ3v) is 5.05. The molecular formula is C19H21NO4. The molecule has 1 aromatic carbocycles. The summed E-state index contributed by atoms with van der Waals surface area (Å²) in [7, 11) is 0. The third kappa shape index (κ3) is 2.58. The first-order chi connectivity index (χ1) is 11.5. The topological polar surface area (TPSA) is 68.4 Å². The van der Waals surface area contributed by atoms with Crippen LogP contribution in [0.3, 0.4) is 0 Å². The minimum atomic E-state index is -0.789. The fourth-order valence-electron chi connectivity index (χ4n) is 3.73. The number of esters is 2. The van der Waals surface area contributed by atoms with Gasteiger partial charge in [0.2, 0.25) is 6.10 Å². The summed E-state index contributed by atoms with van der Waals surface area (Å²) >= 11 is 0. The maximum absolute atomic E-state index is 12.4. The highest BCUT2D eigenvalue weighted by Gasteiger charge is 2.35. The van der Waals surface area contributed by atoms with Crippen molar-refractivity contribution in [2.75, 3.05) is 0 Å². The molecule has 1 aromatic heterocycles. The van der Waals surface area contributed by atoms with Crippen LogP contribution in [0.15, 0.2) is 18.2 Å². The summed E-state index contributed by atoms with van der Waals surface area (Å²) in [6.45, 7) is 4.05. The maximum atomic E-state index is 12.4. The van der Waals surface area contributed by atoms with E-state index in [4.69, 9.17) is 9.47 Å². The van der Waals surface area contributed by atoms with Gasteiger partial charge in [0.05, 0.1) is 5.56 Å². The Hall–Kier alpha value is -2.30. The van der Waals surface area contributed by atoms with Crippen LogP contribution in [-0.2, 0) is 27.1 Å². The summed E-state index contributed by atoms with van der Waals surface area (Å²) in [5, 5.41) is 1.09. The highest BCUT2D eigenvalue weighted by molar-refractivity contribution is 5.97. The largest absolute Gasteiger partial charge is 0.460 e. The molecule has 3 atom stereocenters. The summed E-state index contributed by atoms with van der Waals surface area (Å²) in [6.07, 6.45) is 2.71. The number of H-pyrrole nitrogens is 1. The van der Waals surface area contributed by atoms with Crippen molar-refractivity contribution in [1.29, 1.82) is 0 Å². The number of benzene rings is 1. The van der Waals surface area contributed by atoms with E-state index in [1.807, 2.05) is 12.1 Å². The second kappa shape index (κ2) is 5.65. The van der Waals surface area contributed by atoms with Crippen LogP contribution in [-0.4, -0.2) is 29.1 Å². The number of ether oxygens (including phenoxy) is 2. The number of hydrogen-bond donors (Lipinski definition) is 1. The Kier molecular flexibility index (Phi) is 3.59. The van der Waals surface area contributed by atoms with Crippen LogP contribution in [0, 0.1) is 5.92 Å². The van der Waals surface area contributed by atoms with Crippen LogP contribution in [0.4, 0.5) is 0 Å². The van der Waals surface area contributed by atoms with Crippen molar-refractivity contribution in [3.63, 3.8) is 0 Å². The summed E-state index contributed by atoms with van der Waals surface area (Å²) in [5.41, 5.74) is 4.13. The number of fused-ring (bicyclic) bond motifs is 3. The van der Waals surface area contributed by atoms with E-state index < -0.39 is 18.0 Å². The van der Waals surface area contributed by atoms with Crippen molar-refractivity contribution >= 4 is 22.8 Å². The van der Waals surface area contributed by atoms with Gasteiger partial charge in [-0.15, -0.1) is 0 Å². The summed E-state index contributed by atoms with van der Waals surface area (Å²) < 4.78 is 10.4. The molecule has 0 unspecified atom stereocenters. The van der Waals surface area contributed by atoms with Gasteiger partial charge < -0.3 is 14.5 Å². The molecule has 1 N–H and O–H groups in total. The van der Waals surface area contributed by atoms with Crippen LogP contribution in [0.25, 0.3) is 10.9 Å². The molecule has 4 rings (SSSR count). The van der Waals surface area contributed by atoms with Crippen LogP contribution in [0.5, 0.6) is 0 Å². The monoisotopic (exact) mass is 327 g/mol. The second-order valence-electron chi connectivity index (χ2n) is 7.07. The number of cyclic esters (lactones) is 1. The third-order valence-electron chi connectivity index (χ3n) is 5.05. The smallest absolute Gasteiger partial charge is 0.347 e. The number of hydrogen-bond acceptors (Lipinski definition) is 4. The van der Waals surface area contributed by atoms with Gasteiger partial charge in [0.1, 0.15) is 6.10 Å². The van der Waals surface area contributed by atoms with Crippen molar-refractivity contribution in [3.8, 4) is 0 Å². The molecule has 0 spiro atoms. The lowest BCUT2D eigenvalue weighted by Crippen LogP contribution is -2.22. The Morgan fingerprint density at radius 3 is 2.92 bits per heavy atom. The molecule has 5 heteroatoms. The van der Waals surface area contributed by atoms with Crippen molar-refractivity contribution in [2.24, 2.45) is 5.92 Å². The van der Waals surface area contributed by atoms with E-state index in [1.165, 1.54) is 17.7 Å². The molecule has 0 amide bonds. The second-order valence-corrected chi connectivity index (χ2v) is 7.07. The van der Waals surface area contributed by atoms with Crippen molar-refractivity contribution < 1.29 is 19.1 Å². The molecule has 0 bridgehead atoms. The molecule has 0 saturated carbocycles. The first kappa shape index (κ1) is 15.2. The SMILES string of the molecule is C[C@@H]1CCc2[nH]c3ccc(C(=O)O[C@@H]4C[C@@H](C)OC4=O)cc3c2C1. The van der Waals surface area contributed by atoms with Crippen molar-refractivity contribution in [1.82, 2.24) is 4.98 Å². The molecule has 24 heavy (non-hydrogen) atoms. The number of aromatic amines is 1. The number of nitrogens with one attached hydrogen (secondary N) is 1. The van der Waals surface area contributed by atoms with E-state index in [0.29, 0.717) is 17.9 Å². The molecule has 2 aliphatic rings. The minimum absolute atomic E-state index is 0.198. The average Bonchev–Trinajstić information content (AvgIpc) is 3.06. The summed E-state index contributed by atoms with van der Waals surface area (Å²) in [5.74, 6) is -0.265. The number of rotatable bonds is 2. The van der Waals surface area contributed by atoms with Gasteiger partial charge in [-0.2, -0.15) is 0 Å². The lowest BCUT2D eigenvalue weighted by molar-refractivity contribution is -0.147. The normalized spacial score (nSPS) is 26.2. The van der Waals surface area contributed by atoms with Gasteiger partial charge in [0.25, 0.3) is 0 Å². The van der Waals surface area contributed by atoms with E-state index in [-0.39, 0.29) is 6.10 Å². The predicted octanol–water partition coefficient (Wildman–Crippen LogP) is 3.15. The number of aromatic nitrogens is 1. The van der Waals surface area contributed by atoms with Crippen molar-refractivity contribution in [3.05, 3.63) is 35.0 Å². The van der Waals surface area contributed by atoms with Gasteiger partial charge in [0, 0.05) is 23.0 Å². The minimum Gasteiger partial charge on any atom is -0.460 e. The summed E-state index contributed by atoms with van der Waals surface area (Å²) in [6, 6.07) is 5.55. The molecule has 1 fully saturated rings. The van der Waals surface area contributed by atoms with Gasteiger partial charge in [-0.25, -0.2) is 9.59 Å². The van der Waals surface area contributed by atoms with Crippen LogP contribution in [0.2, 0.25) is 0 Å². The number of carbonyl (C=O) groups is 2. The molecule has 2 heterocycles. The van der Waals surface area contributed by atoms with Gasteiger partial charge in [-0.3, -0.25) is 0 Å². The first-order valence-corrected chi connectivity index (χ1v) is 8.56. The predicted molar refractivity (Wildman–Crippen MR) is 88.9 cm³/mol. The zero-order valence-electron chi connectivity index (χ0n) is 13.9. The fraction of sp³-hybridized carbons (Fsp3) is 0.474. The quantitative estimate of drug-likeness (QED) is 0.860. The lowest BCUT2D eigenvalue weighted by Gasteiger charge is -2.18. The van der Waals surface area contributed by atoms with Gasteiger partial charge >= 0.3 is 11.9 Å². The molecule has 1 saturated heterocycles. The number of carbonyl (C=O) groups excluding carboxylic acids is 2. The zero-order valence-corrected chi connectivity index (χ0v) is 13.9. The molecule has 2 aromatic rings. The molecule has 1 aliphatic heterocycles. The Morgan fingerprint density at radius 2 is 2.17 bits per heavy atom. The first-order valence-electron chi connectivity index (χ1n) is 8.56. The lowest BCUT2D eigenvalue weighted by atomic mass is 9.87. The molecule has 126 valence electrons. The van der Waals surface area contributed by atoms with E-state index in [9.17, 15) is 9.59 Å². The summed E-state index contributed by atoms with van der Waals surface area (Å²) in [4.78, 5) is 27.5. The molecule has 0 radical (unpaired) electrons. The highest BCUT2D eigenvalue weighted by Crippen LogP contribution is 2.32. The molecular weight excluding hydrogens is 306 g/mol. The van der Waals surface area contributed by atoms with Crippen LogP contribution >= 0.6 is 0 Å². The van der Waals surface area contributed by atoms with E-state index in [2.05, 4.69) is 11.9 Å². The van der Waals surface area contributed by atoms with Crippen LogP contribution in [0.1, 0.15) is 48.3 Å². The van der Waals surface area contributed by atoms with E-state index in [1.54, 1.807) is 13.0 Å². The fourth-order valence-corrected chi connectivity index (χ4v) is 3.73. The van der Waals surface area contributed by atoms with E-state index >= 15 is 0 Å². The van der Waals surface area contributed by atoms with Crippen LogP contribution < -0.4 is 0 Å². The van der Waals surface area contributed by atoms with Gasteiger partial charge in [0.15, 0.2) is 0 Å². The Morgan fingerprint density at radius 1 is 1.33 bits per heavy atom. The molecule has 1 aliphatic carbocycles. The van der Waals surface area contributed by atoms with Gasteiger partial charge in [-0.05, 0) is 55.9 Å². The Labute approximate surface area is 140 Å². The average molecular weight is 327 g/mol. The molecule has 5 nitrogen and oxygen atoms in total. The zero-order chi connectivity index (χ0) is 16.8. The Bertz CT molecular complexity index is 822.